The van der Waals surface area contributed by atoms with E-state index in [2.05, 4.69) is 25.2 Å². The molecule has 1 amide bonds. The minimum atomic E-state index is -0.569. The molecule has 214 valence electrons. The number of fused-ring (bicyclic) bond motifs is 2. The second-order valence-corrected chi connectivity index (χ2v) is 12.1. The first-order chi connectivity index (χ1) is 19.6. The first-order valence-electron chi connectivity index (χ1n) is 14.2. The summed E-state index contributed by atoms with van der Waals surface area (Å²) >= 11 is 6.04. The van der Waals surface area contributed by atoms with Gasteiger partial charge in [-0.15, -0.1) is 0 Å². The highest BCUT2D eigenvalue weighted by atomic mass is 35.5. The van der Waals surface area contributed by atoms with Gasteiger partial charge in [0.2, 0.25) is 5.91 Å². The van der Waals surface area contributed by atoms with E-state index in [0.717, 1.165) is 28.2 Å². The standard InChI is InChI=1S/C34H37ClN2O4/c1-6-40-30-17-23(13-16-29(30)41-20-22-11-14-24(35)15-12-22)32-31-26(18-34(4,5)19-28(31)38)36-25-9-7-8-10-27(25)37(32)33(39)21(2)3/h7-18,21,31-32,36H,6,19-20H2,1-5H3/t31-,32-/m1/s1. The fourth-order valence-electron chi connectivity index (χ4n) is 5.71. The molecule has 3 aromatic carbocycles. The Bertz CT molecular complexity index is 1480. The second-order valence-electron chi connectivity index (χ2n) is 11.7. The molecule has 7 heteroatoms. The number of carbonyl (C=O) groups is 2. The van der Waals surface area contributed by atoms with Crippen LogP contribution in [0.15, 0.2) is 78.5 Å². The van der Waals surface area contributed by atoms with Crippen molar-refractivity contribution in [1.82, 2.24) is 0 Å². The van der Waals surface area contributed by atoms with E-state index in [1.807, 2.05) is 92.4 Å². The molecule has 41 heavy (non-hydrogen) atoms. The molecule has 0 fully saturated rings. The minimum absolute atomic E-state index is 0.0517. The number of ketones is 1. The first-order valence-corrected chi connectivity index (χ1v) is 14.5. The van der Waals surface area contributed by atoms with E-state index in [1.54, 1.807) is 0 Å². The number of anilines is 2. The summed E-state index contributed by atoms with van der Waals surface area (Å²) in [5.74, 6) is 0.361. The van der Waals surface area contributed by atoms with E-state index in [-0.39, 0.29) is 23.0 Å². The maximum atomic E-state index is 14.0. The molecule has 0 aromatic heterocycles. The van der Waals surface area contributed by atoms with Crippen LogP contribution < -0.4 is 19.7 Å². The van der Waals surface area contributed by atoms with E-state index in [0.29, 0.717) is 36.2 Å². The lowest BCUT2D eigenvalue weighted by atomic mass is 9.72. The van der Waals surface area contributed by atoms with Gasteiger partial charge in [0.25, 0.3) is 0 Å². The maximum Gasteiger partial charge on any atom is 0.230 e. The Morgan fingerprint density at radius 1 is 1.05 bits per heavy atom. The molecule has 0 bridgehead atoms. The normalized spacial score (nSPS) is 19.4. The quantitative estimate of drug-likeness (QED) is 0.311. The highest BCUT2D eigenvalue weighted by molar-refractivity contribution is 6.30. The number of amides is 1. The Labute approximate surface area is 247 Å². The van der Waals surface area contributed by atoms with E-state index in [9.17, 15) is 9.59 Å². The summed E-state index contributed by atoms with van der Waals surface area (Å²) in [6.07, 6.45) is 2.54. The molecular weight excluding hydrogens is 536 g/mol. The molecule has 0 spiro atoms. The molecule has 1 N–H and O–H groups in total. The fourth-order valence-corrected chi connectivity index (χ4v) is 5.84. The van der Waals surface area contributed by atoms with Gasteiger partial charge in [-0.2, -0.15) is 0 Å². The zero-order valence-electron chi connectivity index (χ0n) is 24.2. The summed E-state index contributed by atoms with van der Waals surface area (Å²) in [7, 11) is 0. The first kappa shape index (κ1) is 28.7. The number of carbonyl (C=O) groups excluding carboxylic acids is 2. The van der Waals surface area contributed by atoms with Gasteiger partial charge in [0.1, 0.15) is 12.4 Å². The minimum Gasteiger partial charge on any atom is -0.490 e. The number of halogens is 1. The maximum absolute atomic E-state index is 14.0. The van der Waals surface area contributed by atoms with Gasteiger partial charge in [0.05, 0.1) is 29.9 Å². The summed E-state index contributed by atoms with van der Waals surface area (Å²) in [5.41, 5.74) is 3.86. The lowest BCUT2D eigenvalue weighted by molar-refractivity contribution is -0.125. The van der Waals surface area contributed by atoms with Gasteiger partial charge in [0.15, 0.2) is 11.5 Å². The average Bonchev–Trinajstić information content (AvgIpc) is 3.06. The number of rotatable bonds is 7. The third-order valence-corrected chi connectivity index (χ3v) is 7.79. The highest BCUT2D eigenvalue weighted by Crippen LogP contribution is 2.49. The lowest BCUT2D eigenvalue weighted by Crippen LogP contribution is -2.45. The lowest BCUT2D eigenvalue weighted by Gasteiger charge is -2.40. The number of benzene rings is 3. The van der Waals surface area contributed by atoms with Crippen molar-refractivity contribution in [3.8, 4) is 11.5 Å². The van der Waals surface area contributed by atoms with Gasteiger partial charge < -0.3 is 19.7 Å². The van der Waals surface area contributed by atoms with Crippen molar-refractivity contribution in [2.45, 2.75) is 53.7 Å². The number of hydrogen-bond acceptors (Lipinski definition) is 5. The highest BCUT2D eigenvalue weighted by Gasteiger charge is 2.46. The smallest absolute Gasteiger partial charge is 0.230 e. The van der Waals surface area contributed by atoms with Crippen molar-refractivity contribution in [2.24, 2.45) is 17.3 Å². The van der Waals surface area contributed by atoms with Crippen LogP contribution in [0.4, 0.5) is 11.4 Å². The third-order valence-electron chi connectivity index (χ3n) is 7.54. The van der Waals surface area contributed by atoms with Gasteiger partial charge in [-0.1, -0.05) is 75.7 Å². The van der Waals surface area contributed by atoms with E-state index < -0.39 is 12.0 Å². The van der Waals surface area contributed by atoms with Gasteiger partial charge in [-0.05, 0) is 59.9 Å². The van der Waals surface area contributed by atoms with Crippen LogP contribution in [0.5, 0.6) is 11.5 Å². The molecule has 3 aromatic rings. The number of allylic oxidation sites excluding steroid dienone is 1. The molecule has 1 aliphatic heterocycles. The number of Topliss-reactive ketones (excluding diaryl/α,β-unsaturated/α-hetero) is 1. The van der Waals surface area contributed by atoms with Gasteiger partial charge in [-0.3, -0.25) is 9.59 Å². The van der Waals surface area contributed by atoms with Gasteiger partial charge in [0, 0.05) is 23.1 Å². The van der Waals surface area contributed by atoms with Crippen LogP contribution in [0.25, 0.3) is 0 Å². The number of ether oxygens (including phenoxy) is 2. The molecule has 0 radical (unpaired) electrons. The van der Waals surface area contributed by atoms with Crippen molar-refractivity contribution >= 4 is 34.7 Å². The number of para-hydroxylation sites is 2. The summed E-state index contributed by atoms with van der Waals surface area (Å²) in [6.45, 7) is 10.6. The molecule has 1 aliphatic carbocycles. The van der Waals surface area contributed by atoms with Crippen LogP contribution in [0.3, 0.4) is 0 Å². The number of nitrogens with one attached hydrogen (secondary N) is 1. The molecule has 0 saturated carbocycles. The molecule has 5 rings (SSSR count). The van der Waals surface area contributed by atoms with Crippen molar-refractivity contribution in [1.29, 1.82) is 0 Å². The van der Waals surface area contributed by atoms with Crippen molar-refractivity contribution in [3.05, 3.63) is 94.7 Å². The monoisotopic (exact) mass is 572 g/mol. The van der Waals surface area contributed by atoms with Crippen LogP contribution in [0.1, 0.15) is 58.2 Å². The Kier molecular flexibility index (Phi) is 8.14. The summed E-state index contributed by atoms with van der Waals surface area (Å²) < 4.78 is 12.2. The summed E-state index contributed by atoms with van der Waals surface area (Å²) in [4.78, 5) is 29.7. The SMILES string of the molecule is CCOc1cc([C@@H]2[C@H]3C(=O)CC(C)(C)C=C3Nc3ccccc3N2C(=O)C(C)C)ccc1OCc1ccc(Cl)cc1. The predicted molar refractivity (Wildman–Crippen MR) is 164 cm³/mol. The Morgan fingerprint density at radius 2 is 1.78 bits per heavy atom. The van der Waals surface area contributed by atoms with Crippen LogP contribution in [0.2, 0.25) is 5.02 Å². The molecule has 6 nitrogen and oxygen atoms in total. The molecule has 0 unspecified atom stereocenters. The molecule has 2 atom stereocenters. The van der Waals surface area contributed by atoms with Crippen LogP contribution in [-0.2, 0) is 16.2 Å². The van der Waals surface area contributed by atoms with Crippen LogP contribution >= 0.6 is 11.6 Å². The number of nitrogens with zero attached hydrogens (tertiary/aromatic N) is 1. The molecule has 2 aliphatic rings. The predicted octanol–water partition coefficient (Wildman–Crippen LogP) is 7.97. The molecular formula is C34H37ClN2O4. The third kappa shape index (κ3) is 5.98. The van der Waals surface area contributed by atoms with Gasteiger partial charge in [-0.25, -0.2) is 0 Å². The topological polar surface area (TPSA) is 67.9 Å². The summed E-state index contributed by atoms with van der Waals surface area (Å²) in [5, 5.41) is 4.21. The van der Waals surface area contributed by atoms with Crippen molar-refractivity contribution in [3.63, 3.8) is 0 Å². The van der Waals surface area contributed by atoms with E-state index in [4.69, 9.17) is 21.1 Å². The van der Waals surface area contributed by atoms with Crippen LogP contribution in [-0.4, -0.2) is 18.3 Å². The van der Waals surface area contributed by atoms with Crippen molar-refractivity contribution in [2.75, 3.05) is 16.8 Å². The molecule has 1 heterocycles. The zero-order valence-corrected chi connectivity index (χ0v) is 25.0. The van der Waals surface area contributed by atoms with E-state index in [1.165, 1.54) is 0 Å². The van der Waals surface area contributed by atoms with E-state index >= 15 is 0 Å². The fraction of sp³-hybridized carbons (Fsp3) is 0.353. The average molecular weight is 573 g/mol. The molecule has 0 saturated heterocycles. The largest absolute Gasteiger partial charge is 0.490 e. The Morgan fingerprint density at radius 3 is 2.49 bits per heavy atom. The van der Waals surface area contributed by atoms with Gasteiger partial charge >= 0.3 is 0 Å². The Balaban J connectivity index is 1.63. The zero-order chi connectivity index (χ0) is 29.3. The van der Waals surface area contributed by atoms with Crippen LogP contribution in [0, 0.1) is 17.3 Å². The van der Waals surface area contributed by atoms with Crippen molar-refractivity contribution < 1.29 is 19.1 Å². The Hall–Kier alpha value is -3.77. The second kappa shape index (κ2) is 11.6. The summed E-state index contributed by atoms with van der Waals surface area (Å²) in [6, 6.07) is 20.4. The number of hydrogen-bond donors (Lipinski definition) is 1.